The molecule has 1 aromatic rings. The highest BCUT2D eigenvalue weighted by Gasteiger charge is 2.21. The Kier molecular flexibility index (Phi) is 2.58. The van der Waals surface area contributed by atoms with Gasteiger partial charge in [-0.25, -0.2) is 0 Å². The summed E-state index contributed by atoms with van der Waals surface area (Å²) in [5.41, 5.74) is 0. The van der Waals surface area contributed by atoms with Crippen molar-refractivity contribution in [2.75, 3.05) is 13.1 Å². The molecule has 0 spiro atoms. The molecule has 2 heterocycles. The van der Waals surface area contributed by atoms with Crippen LogP contribution < -0.4 is 0 Å². The van der Waals surface area contributed by atoms with E-state index in [0.717, 1.165) is 18.8 Å². The summed E-state index contributed by atoms with van der Waals surface area (Å²) in [6.45, 7) is 3.90. The average molecular weight is 195 g/mol. The fourth-order valence-corrected chi connectivity index (χ4v) is 1.51. The van der Waals surface area contributed by atoms with Crippen LogP contribution in [0.2, 0.25) is 0 Å². The van der Waals surface area contributed by atoms with Gasteiger partial charge in [-0.15, -0.1) is 0 Å². The number of Topliss-reactive ketones (excluding diaryl/α,β-unsaturated/α-hetero) is 1. The van der Waals surface area contributed by atoms with Gasteiger partial charge < -0.3 is 4.52 Å². The number of carbonyl (C=O) groups is 1. The van der Waals surface area contributed by atoms with E-state index in [1.165, 1.54) is 0 Å². The molecule has 1 aromatic heterocycles. The molecule has 0 bridgehead atoms. The molecule has 0 aromatic carbocycles. The van der Waals surface area contributed by atoms with Gasteiger partial charge in [-0.3, -0.25) is 9.69 Å². The summed E-state index contributed by atoms with van der Waals surface area (Å²) in [5, 5.41) is 3.80. The maximum Gasteiger partial charge on any atom is 0.240 e. The van der Waals surface area contributed by atoms with Gasteiger partial charge in [-0.05, 0) is 0 Å². The van der Waals surface area contributed by atoms with Crippen LogP contribution in [-0.2, 0) is 17.8 Å². The number of hydrogen-bond donors (Lipinski definition) is 0. The summed E-state index contributed by atoms with van der Waals surface area (Å²) in [6, 6.07) is 0. The molecule has 1 aliphatic rings. The smallest absolute Gasteiger partial charge is 0.240 e. The lowest BCUT2D eigenvalue weighted by Crippen LogP contribution is -2.20. The zero-order valence-electron chi connectivity index (χ0n) is 8.19. The third-order valence-electron chi connectivity index (χ3n) is 2.29. The van der Waals surface area contributed by atoms with Gasteiger partial charge in [-0.1, -0.05) is 12.1 Å². The number of likely N-dealkylation sites (tertiary alicyclic amines) is 1. The van der Waals surface area contributed by atoms with Crippen LogP contribution in [0.15, 0.2) is 4.52 Å². The van der Waals surface area contributed by atoms with E-state index in [-0.39, 0.29) is 0 Å². The third kappa shape index (κ3) is 1.98. The Morgan fingerprint density at radius 1 is 1.57 bits per heavy atom. The largest absolute Gasteiger partial charge is 0.338 e. The van der Waals surface area contributed by atoms with Crippen LogP contribution in [0.3, 0.4) is 0 Å². The van der Waals surface area contributed by atoms with Gasteiger partial charge in [0.05, 0.1) is 13.1 Å². The number of carbonyl (C=O) groups excluding carboxylic acids is 1. The van der Waals surface area contributed by atoms with Gasteiger partial charge in [-0.2, -0.15) is 4.98 Å². The van der Waals surface area contributed by atoms with E-state index >= 15 is 0 Å². The maximum atomic E-state index is 11.0. The Morgan fingerprint density at radius 3 is 3.00 bits per heavy atom. The number of aromatic nitrogens is 2. The van der Waals surface area contributed by atoms with Crippen molar-refractivity contribution in [2.45, 2.75) is 26.3 Å². The number of nitrogens with zero attached hydrogens (tertiary/aromatic N) is 3. The summed E-state index contributed by atoms with van der Waals surface area (Å²) >= 11 is 0. The minimum atomic E-state index is 0.292. The SMILES string of the molecule is CCc1noc(CN2CCC(=O)C2)n1. The van der Waals surface area contributed by atoms with Crippen molar-refractivity contribution in [1.29, 1.82) is 0 Å². The molecule has 2 rings (SSSR count). The number of hydrogen-bond acceptors (Lipinski definition) is 5. The minimum absolute atomic E-state index is 0.292. The second-order valence-corrected chi connectivity index (χ2v) is 3.46. The molecule has 0 aliphatic carbocycles. The maximum absolute atomic E-state index is 11.0. The van der Waals surface area contributed by atoms with Crippen LogP contribution >= 0.6 is 0 Å². The molecule has 0 N–H and O–H groups in total. The standard InChI is InChI=1S/C9H13N3O2/c1-2-8-10-9(14-11-8)6-12-4-3-7(13)5-12/h2-6H2,1H3. The fourth-order valence-electron chi connectivity index (χ4n) is 1.51. The highest BCUT2D eigenvalue weighted by atomic mass is 16.5. The topological polar surface area (TPSA) is 59.2 Å². The zero-order chi connectivity index (χ0) is 9.97. The van der Waals surface area contributed by atoms with Crippen molar-refractivity contribution in [3.05, 3.63) is 11.7 Å². The lowest BCUT2D eigenvalue weighted by molar-refractivity contribution is -0.116. The summed E-state index contributed by atoms with van der Waals surface area (Å²) in [7, 11) is 0. The van der Waals surface area contributed by atoms with Crippen molar-refractivity contribution < 1.29 is 9.32 Å². The van der Waals surface area contributed by atoms with E-state index in [0.29, 0.717) is 31.2 Å². The van der Waals surface area contributed by atoms with Crippen molar-refractivity contribution in [3.8, 4) is 0 Å². The Labute approximate surface area is 82.1 Å². The van der Waals surface area contributed by atoms with E-state index in [1.54, 1.807) is 0 Å². The van der Waals surface area contributed by atoms with Crippen LogP contribution in [0.5, 0.6) is 0 Å². The molecule has 5 heteroatoms. The molecule has 1 saturated heterocycles. The zero-order valence-corrected chi connectivity index (χ0v) is 8.19. The molecule has 0 atom stereocenters. The third-order valence-corrected chi connectivity index (χ3v) is 2.29. The average Bonchev–Trinajstić information content (AvgIpc) is 2.76. The van der Waals surface area contributed by atoms with Crippen molar-refractivity contribution >= 4 is 5.78 Å². The predicted molar refractivity (Wildman–Crippen MR) is 48.6 cm³/mol. The molecule has 1 aliphatic heterocycles. The number of rotatable bonds is 3. The lowest BCUT2D eigenvalue weighted by atomic mass is 10.4. The van der Waals surface area contributed by atoms with Gasteiger partial charge in [0.25, 0.3) is 0 Å². The summed E-state index contributed by atoms with van der Waals surface area (Å²) < 4.78 is 5.04. The fraction of sp³-hybridized carbons (Fsp3) is 0.667. The Bertz CT molecular complexity index is 335. The monoisotopic (exact) mass is 195 g/mol. The second-order valence-electron chi connectivity index (χ2n) is 3.46. The molecular formula is C9H13N3O2. The number of ketones is 1. The van der Waals surface area contributed by atoms with E-state index < -0.39 is 0 Å². The van der Waals surface area contributed by atoms with Crippen molar-refractivity contribution in [3.63, 3.8) is 0 Å². The number of aryl methyl sites for hydroxylation is 1. The van der Waals surface area contributed by atoms with Gasteiger partial charge in [0.2, 0.25) is 5.89 Å². The summed E-state index contributed by atoms with van der Waals surface area (Å²) in [6.07, 6.45) is 1.43. The minimum Gasteiger partial charge on any atom is -0.338 e. The molecule has 0 unspecified atom stereocenters. The lowest BCUT2D eigenvalue weighted by Gasteiger charge is -2.08. The van der Waals surface area contributed by atoms with Gasteiger partial charge in [0.1, 0.15) is 5.78 Å². The second kappa shape index (κ2) is 3.88. The van der Waals surface area contributed by atoms with Crippen LogP contribution in [0.1, 0.15) is 25.1 Å². The van der Waals surface area contributed by atoms with E-state index in [4.69, 9.17) is 4.52 Å². The molecule has 14 heavy (non-hydrogen) atoms. The first-order valence-electron chi connectivity index (χ1n) is 4.83. The first-order chi connectivity index (χ1) is 6.78. The van der Waals surface area contributed by atoms with Crippen LogP contribution in [-0.4, -0.2) is 33.9 Å². The van der Waals surface area contributed by atoms with E-state index in [2.05, 4.69) is 10.1 Å². The van der Waals surface area contributed by atoms with Crippen molar-refractivity contribution in [2.24, 2.45) is 0 Å². The Balaban J connectivity index is 1.93. The molecule has 0 radical (unpaired) electrons. The van der Waals surface area contributed by atoms with Crippen LogP contribution in [0.25, 0.3) is 0 Å². The summed E-state index contributed by atoms with van der Waals surface area (Å²) in [4.78, 5) is 17.2. The highest BCUT2D eigenvalue weighted by molar-refractivity contribution is 5.82. The predicted octanol–water partition coefficient (Wildman–Crippen LogP) is 0.407. The molecule has 0 saturated carbocycles. The van der Waals surface area contributed by atoms with E-state index in [9.17, 15) is 4.79 Å². The molecule has 1 fully saturated rings. The quantitative estimate of drug-likeness (QED) is 0.699. The molecule has 5 nitrogen and oxygen atoms in total. The van der Waals surface area contributed by atoms with Crippen LogP contribution in [0, 0.1) is 0 Å². The van der Waals surface area contributed by atoms with Gasteiger partial charge in [0.15, 0.2) is 5.82 Å². The first-order valence-corrected chi connectivity index (χ1v) is 4.83. The van der Waals surface area contributed by atoms with Crippen molar-refractivity contribution in [1.82, 2.24) is 15.0 Å². The summed E-state index contributed by atoms with van der Waals surface area (Å²) in [5.74, 6) is 1.63. The highest BCUT2D eigenvalue weighted by Crippen LogP contribution is 2.09. The van der Waals surface area contributed by atoms with Crippen LogP contribution in [0.4, 0.5) is 0 Å². The van der Waals surface area contributed by atoms with Gasteiger partial charge >= 0.3 is 0 Å². The molecule has 0 amide bonds. The van der Waals surface area contributed by atoms with E-state index in [1.807, 2.05) is 11.8 Å². The molecule has 76 valence electrons. The Morgan fingerprint density at radius 2 is 2.43 bits per heavy atom. The Hall–Kier alpha value is -1.23. The van der Waals surface area contributed by atoms with Gasteiger partial charge in [0, 0.05) is 19.4 Å². The first kappa shape index (κ1) is 9.33. The molecular weight excluding hydrogens is 182 g/mol. The normalized spacial score (nSPS) is 17.9.